The maximum Gasteiger partial charge on any atom is 0.259 e. The van der Waals surface area contributed by atoms with Crippen molar-refractivity contribution in [2.45, 2.75) is 40.8 Å². The van der Waals surface area contributed by atoms with Crippen LogP contribution in [0.3, 0.4) is 0 Å². The summed E-state index contributed by atoms with van der Waals surface area (Å²) in [6.07, 6.45) is -0.190. The van der Waals surface area contributed by atoms with Crippen molar-refractivity contribution in [3.05, 3.63) is 57.4 Å². The Morgan fingerprint density at radius 1 is 1.00 bits per heavy atom. The smallest absolute Gasteiger partial charge is 0.259 e. The van der Waals surface area contributed by atoms with Gasteiger partial charge >= 0.3 is 0 Å². The summed E-state index contributed by atoms with van der Waals surface area (Å²) in [5.74, 6) is -1.61. The van der Waals surface area contributed by atoms with E-state index in [1.165, 1.54) is 17.2 Å². The van der Waals surface area contributed by atoms with Gasteiger partial charge in [0.05, 0.1) is 17.9 Å². The first kappa shape index (κ1) is 17.2. The Balaban J connectivity index is 2.34. The fourth-order valence-corrected chi connectivity index (χ4v) is 3.72. The van der Waals surface area contributed by atoms with E-state index in [-0.39, 0.29) is 11.9 Å². The van der Waals surface area contributed by atoms with Crippen LogP contribution in [0.15, 0.2) is 12.1 Å². The zero-order chi connectivity index (χ0) is 18.6. The van der Waals surface area contributed by atoms with E-state index >= 15 is 0 Å². The fraction of sp³-hybridized carbons (Fsp3) is 0.350. The van der Waals surface area contributed by atoms with E-state index in [1.54, 1.807) is 11.9 Å². The maximum atomic E-state index is 14.8. The standard InChI is InChI=1S/C20H21F2N3/c1-10-8-11(2)19(13(4)12(10)3)25-14(5)24(7)20-16(25)9-15(21)18(23-6)17(20)22/h8-9,14H,1-5,7H3/t14-/m0/s1. The number of benzene rings is 2. The van der Waals surface area contributed by atoms with Crippen LogP contribution < -0.4 is 9.80 Å². The lowest BCUT2D eigenvalue weighted by molar-refractivity contribution is 0.594. The molecular formula is C20H21F2N3. The molecule has 0 aliphatic carbocycles. The largest absolute Gasteiger partial charge is 0.351 e. The lowest BCUT2D eigenvalue weighted by Gasteiger charge is -2.31. The zero-order valence-electron chi connectivity index (χ0n) is 15.3. The van der Waals surface area contributed by atoms with Crippen LogP contribution in [0, 0.1) is 45.9 Å². The van der Waals surface area contributed by atoms with Gasteiger partial charge in [0.25, 0.3) is 5.69 Å². The molecule has 2 aromatic carbocycles. The topological polar surface area (TPSA) is 10.8 Å². The van der Waals surface area contributed by atoms with Crippen molar-refractivity contribution in [1.82, 2.24) is 0 Å². The normalized spacial score (nSPS) is 16.2. The van der Waals surface area contributed by atoms with Gasteiger partial charge in [0.15, 0.2) is 5.82 Å². The van der Waals surface area contributed by atoms with Crippen LogP contribution >= 0.6 is 0 Å². The molecule has 0 saturated heterocycles. The lowest BCUT2D eigenvalue weighted by atomic mass is 9.97. The Bertz CT molecular complexity index is 928. The Morgan fingerprint density at radius 3 is 2.24 bits per heavy atom. The minimum Gasteiger partial charge on any atom is -0.351 e. The van der Waals surface area contributed by atoms with E-state index in [0.29, 0.717) is 5.69 Å². The molecule has 0 saturated carbocycles. The van der Waals surface area contributed by atoms with E-state index in [1.807, 2.05) is 25.7 Å². The van der Waals surface area contributed by atoms with E-state index in [9.17, 15) is 8.78 Å². The summed E-state index contributed by atoms with van der Waals surface area (Å²) >= 11 is 0. The number of anilines is 3. The molecule has 0 amide bonds. The van der Waals surface area contributed by atoms with Gasteiger partial charge in [-0.2, -0.15) is 0 Å². The second kappa shape index (κ2) is 5.73. The van der Waals surface area contributed by atoms with Crippen LogP contribution in [0.1, 0.15) is 29.2 Å². The second-order valence-electron chi connectivity index (χ2n) is 6.72. The highest BCUT2D eigenvalue weighted by atomic mass is 19.1. The first-order chi connectivity index (χ1) is 11.7. The number of fused-ring (bicyclic) bond motifs is 1. The molecule has 0 bridgehead atoms. The molecule has 0 N–H and O–H groups in total. The molecule has 1 atom stereocenters. The van der Waals surface area contributed by atoms with Gasteiger partial charge in [-0.3, -0.25) is 0 Å². The van der Waals surface area contributed by atoms with Gasteiger partial charge in [-0.1, -0.05) is 6.07 Å². The number of halogens is 2. The van der Waals surface area contributed by atoms with Crippen molar-refractivity contribution in [3.63, 3.8) is 0 Å². The molecule has 0 spiro atoms. The van der Waals surface area contributed by atoms with Crippen LogP contribution in [-0.2, 0) is 0 Å². The van der Waals surface area contributed by atoms with Gasteiger partial charge in [-0.25, -0.2) is 13.6 Å². The lowest BCUT2D eigenvalue weighted by Crippen LogP contribution is -2.36. The highest BCUT2D eigenvalue weighted by molar-refractivity contribution is 5.88. The molecule has 1 aliphatic heterocycles. The molecule has 25 heavy (non-hydrogen) atoms. The van der Waals surface area contributed by atoms with Crippen molar-refractivity contribution in [3.8, 4) is 0 Å². The predicted molar refractivity (Wildman–Crippen MR) is 98.0 cm³/mol. The number of aryl methyl sites for hydroxylation is 2. The van der Waals surface area contributed by atoms with Gasteiger partial charge in [-0.05, 0) is 62.9 Å². The summed E-state index contributed by atoms with van der Waals surface area (Å²) in [5, 5.41) is 0. The quantitative estimate of drug-likeness (QED) is 0.618. The summed E-state index contributed by atoms with van der Waals surface area (Å²) < 4.78 is 29.1. The monoisotopic (exact) mass is 341 g/mol. The van der Waals surface area contributed by atoms with Crippen molar-refractivity contribution in [2.75, 3.05) is 16.8 Å². The Labute approximate surface area is 147 Å². The number of hydrogen-bond acceptors (Lipinski definition) is 2. The van der Waals surface area contributed by atoms with Crippen molar-refractivity contribution in [2.24, 2.45) is 0 Å². The van der Waals surface area contributed by atoms with E-state index < -0.39 is 17.3 Å². The summed E-state index contributed by atoms with van der Waals surface area (Å²) in [7, 11) is 1.77. The zero-order valence-corrected chi connectivity index (χ0v) is 15.3. The maximum absolute atomic E-state index is 14.8. The molecule has 130 valence electrons. The van der Waals surface area contributed by atoms with Gasteiger partial charge in [-0.15, -0.1) is 0 Å². The molecule has 3 nitrogen and oxygen atoms in total. The van der Waals surface area contributed by atoms with Crippen LogP contribution in [0.5, 0.6) is 0 Å². The van der Waals surface area contributed by atoms with Crippen LogP contribution in [0.25, 0.3) is 4.85 Å². The molecule has 0 aromatic heterocycles. The van der Waals surface area contributed by atoms with E-state index in [0.717, 1.165) is 16.8 Å². The molecule has 0 fully saturated rings. The predicted octanol–water partition coefficient (Wildman–Crippen LogP) is 5.68. The van der Waals surface area contributed by atoms with Crippen LogP contribution in [0.2, 0.25) is 0 Å². The summed E-state index contributed by atoms with van der Waals surface area (Å²) in [6.45, 7) is 17.2. The highest BCUT2D eigenvalue weighted by Crippen LogP contribution is 2.50. The van der Waals surface area contributed by atoms with E-state index in [4.69, 9.17) is 6.57 Å². The molecule has 2 aromatic rings. The Hall–Kier alpha value is -2.61. The van der Waals surface area contributed by atoms with Gasteiger partial charge in [0.1, 0.15) is 12.0 Å². The number of nitrogens with zero attached hydrogens (tertiary/aromatic N) is 3. The minimum atomic E-state index is -0.821. The number of hydrogen-bond donors (Lipinski definition) is 0. The molecule has 0 unspecified atom stereocenters. The third kappa shape index (κ3) is 2.28. The second-order valence-corrected chi connectivity index (χ2v) is 6.72. The minimum absolute atomic E-state index is 0.190. The molecule has 5 heteroatoms. The van der Waals surface area contributed by atoms with E-state index in [2.05, 4.69) is 24.8 Å². The average Bonchev–Trinajstić information content (AvgIpc) is 2.78. The first-order valence-electron chi connectivity index (χ1n) is 8.19. The summed E-state index contributed by atoms with van der Waals surface area (Å²) in [4.78, 5) is 6.74. The van der Waals surface area contributed by atoms with Crippen molar-refractivity contribution >= 4 is 22.7 Å². The number of rotatable bonds is 1. The van der Waals surface area contributed by atoms with Crippen LogP contribution in [0.4, 0.5) is 31.5 Å². The molecule has 1 heterocycles. The third-order valence-corrected chi connectivity index (χ3v) is 5.36. The average molecular weight is 341 g/mol. The molecule has 3 rings (SSSR count). The molecular weight excluding hydrogens is 320 g/mol. The highest BCUT2D eigenvalue weighted by Gasteiger charge is 2.37. The van der Waals surface area contributed by atoms with Gasteiger partial charge in [0, 0.05) is 12.7 Å². The Kier molecular flexibility index (Phi) is 3.95. The summed E-state index contributed by atoms with van der Waals surface area (Å²) in [6, 6.07) is 3.38. The van der Waals surface area contributed by atoms with Crippen LogP contribution in [-0.4, -0.2) is 13.2 Å². The van der Waals surface area contributed by atoms with Crippen molar-refractivity contribution in [1.29, 1.82) is 0 Å². The molecule has 1 aliphatic rings. The fourth-order valence-electron chi connectivity index (χ4n) is 3.72. The SMILES string of the molecule is [C-]#[N+]c1c(F)cc2c(c1F)N(C)[C@H](C)N2c1c(C)cc(C)c(C)c1C. The van der Waals surface area contributed by atoms with Crippen molar-refractivity contribution < 1.29 is 8.78 Å². The Morgan fingerprint density at radius 2 is 1.64 bits per heavy atom. The van der Waals surface area contributed by atoms with Gasteiger partial charge in [0.2, 0.25) is 0 Å². The first-order valence-corrected chi connectivity index (χ1v) is 8.19. The summed E-state index contributed by atoms with van der Waals surface area (Å²) in [5.41, 5.74) is 5.68. The molecule has 0 radical (unpaired) electrons. The van der Waals surface area contributed by atoms with Gasteiger partial charge < -0.3 is 9.80 Å². The third-order valence-electron chi connectivity index (χ3n) is 5.36.